The summed E-state index contributed by atoms with van der Waals surface area (Å²) in [5.41, 5.74) is -1.02. The van der Waals surface area contributed by atoms with Crippen molar-refractivity contribution in [2.24, 2.45) is 0 Å². The van der Waals surface area contributed by atoms with Gasteiger partial charge in [0.2, 0.25) is 0 Å². The molecule has 0 aliphatic rings. The van der Waals surface area contributed by atoms with E-state index in [1.807, 2.05) is 17.2 Å². The van der Waals surface area contributed by atoms with E-state index in [1.165, 1.54) is 19.1 Å². The molecule has 0 amide bonds. The Bertz CT molecular complexity index is 667. The van der Waals surface area contributed by atoms with E-state index in [-0.39, 0.29) is 12.1 Å². The number of alkyl halides is 3. The van der Waals surface area contributed by atoms with Crippen molar-refractivity contribution >= 4 is 11.3 Å². The van der Waals surface area contributed by atoms with Crippen molar-refractivity contribution in [1.29, 1.82) is 0 Å². The Hall–Kier alpha value is -1.44. The molecule has 0 saturated carbocycles. The van der Waals surface area contributed by atoms with E-state index in [9.17, 15) is 18.3 Å². The molecule has 1 atom stereocenters. The summed E-state index contributed by atoms with van der Waals surface area (Å²) in [6.07, 6.45) is -4.42. The highest BCUT2D eigenvalue weighted by Crippen LogP contribution is 2.32. The van der Waals surface area contributed by atoms with Crippen molar-refractivity contribution in [1.82, 2.24) is 9.88 Å². The minimum absolute atomic E-state index is 0.199. The molecule has 2 aromatic rings. The molecule has 0 spiro atoms. The van der Waals surface area contributed by atoms with Crippen LogP contribution in [0.3, 0.4) is 0 Å². The Labute approximate surface area is 137 Å². The summed E-state index contributed by atoms with van der Waals surface area (Å²) in [4.78, 5) is 6.19. The fourth-order valence-electron chi connectivity index (χ4n) is 2.46. The van der Waals surface area contributed by atoms with Gasteiger partial charge >= 0.3 is 6.18 Å². The van der Waals surface area contributed by atoms with Crippen molar-refractivity contribution in [3.63, 3.8) is 0 Å². The molecule has 0 saturated heterocycles. The van der Waals surface area contributed by atoms with Crippen LogP contribution in [0, 0.1) is 6.92 Å². The normalized spacial score (nSPS) is 15.0. The van der Waals surface area contributed by atoms with Crippen LogP contribution in [-0.4, -0.2) is 28.6 Å². The molecule has 0 bridgehead atoms. The topological polar surface area (TPSA) is 36.4 Å². The minimum atomic E-state index is -4.42. The Morgan fingerprint density at radius 2 is 1.91 bits per heavy atom. The number of thiazole rings is 1. The van der Waals surface area contributed by atoms with Crippen molar-refractivity contribution in [3.05, 3.63) is 51.5 Å². The van der Waals surface area contributed by atoms with Crippen LogP contribution in [0.5, 0.6) is 0 Å². The van der Waals surface area contributed by atoms with Gasteiger partial charge in [-0.1, -0.05) is 12.1 Å². The summed E-state index contributed by atoms with van der Waals surface area (Å²) in [6, 6.07) is 4.83. The van der Waals surface area contributed by atoms with Crippen LogP contribution < -0.4 is 0 Å². The van der Waals surface area contributed by atoms with Crippen LogP contribution >= 0.6 is 11.3 Å². The summed E-state index contributed by atoms with van der Waals surface area (Å²) in [6.45, 7) is 4.16. The van der Waals surface area contributed by atoms with Gasteiger partial charge in [-0.3, -0.25) is 4.90 Å². The number of aliphatic hydroxyl groups is 1. The summed E-state index contributed by atoms with van der Waals surface area (Å²) in [5, 5.41) is 13.5. The van der Waals surface area contributed by atoms with Crippen LogP contribution in [-0.2, 0) is 18.3 Å². The first-order valence-electron chi connectivity index (χ1n) is 7.07. The molecule has 0 aliphatic heterocycles. The summed E-state index contributed by atoms with van der Waals surface area (Å²) in [5.74, 6) is 0. The van der Waals surface area contributed by atoms with Crippen LogP contribution in [0.2, 0.25) is 0 Å². The maximum Gasteiger partial charge on any atom is 0.416 e. The lowest BCUT2D eigenvalue weighted by Gasteiger charge is -2.29. The number of rotatable bonds is 5. The van der Waals surface area contributed by atoms with Crippen molar-refractivity contribution in [2.45, 2.75) is 32.2 Å². The first-order chi connectivity index (χ1) is 10.6. The highest BCUT2D eigenvalue weighted by atomic mass is 32.1. The van der Waals surface area contributed by atoms with Crippen molar-refractivity contribution < 1.29 is 18.3 Å². The SMILES string of the molecule is Cc1nc(CN(C)CC(C)(O)c2cccc(C(F)(F)F)c2)cs1. The Balaban J connectivity index is 2.11. The summed E-state index contributed by atoms with van der Waals surface area (Å²) >= 11 is 1.54. The van der Waals surface area contributed by atoms with E-state index < -0.39 is 17.3 Å². The molecule has 1 aromatic carbocycles. The average molecular weight is 344 g/mol. The summed E-state index contributed by atoms with van der Waals surface area (Å²) < 4.78 is 38.4. The van der Waals surface area contributed by atoms with Gasteiger partial charge < -0.3 is 5.11 Å². The first kappa shape index (κ1) is 17.9. The van der Waals surface area contributed by atoms with E-state index in [2.05, 4.69) is 4.98 Å². The highest BCUT2D eigenvalue weighted by Gasteiger charge is 2.33. The molecule has 7 heteroatoms. The van der Waals surface area contributed by atoms with Gasteiger partial charge in [-0.15, -0.1) is 11.3 Å². The molecule has 2 rings (SSSR count). The third-order valence-electron chi connectivity index (χ3n) is 3.49. The molecule has 23 heavy (non-hydrogen) atoms. The van der Waals surface area contributed by atoms with E-state index >= 15 is 0 Å². The molecule has 1 N–H and O–H groups in total. The fraction of sp³-hybridized carbons (Fsp3) is 0.438. The Morgan fingerprint density at radius 3 is 2.48 bits per heavy atom. The predicted molar refractivity (Wildman–Crippen MR) is 84.2 cm³/mol. The molecule has 3 nitrogen and oxygen atoms in total. The quantitative estimate of drug-likeness (QED) is 0.896. The van der Waals surface area contributed by atoms with E-state index in [4.69, 9.17) is 0 Å². The number of hydrogen-bond acceptors (Lipinski definition) is 4. The maximum atomic E-state index is 12.8. The zero-order chi connectivity index (χ0) is 17.3. The lowest BCUT2D eigenvalue weighted by atomic mass is 9.93. The van der Waals surface area contributed by atoms with Gasteiger partial charge in [-0.05, 0) is 38.6 Å². The van der Waals surface area contributed by atoms with Crippen LogP contribution in [0.4, 0.5) is 13.2 Å². The molecule has 126 valence electrons. The van der Waals surface area contributed by atoms with Gasteiger partial charge in [0.15, 0.2) is 0 Å². The third kappa shape index (κ3) is 4.76. The van der Waals surface area contributed by atoms with Gasteiger partial charge in [-0.25, -0.2) is 4.98 Å². The van der Waals surface area contributed by atoms with Gasteiger partial charge in [0.25, 0.3) is 0 Å². The largest absolute Gasteiger partial charge is 0.416 e. The zero-order valence-corrected chi connectivity index (χ0v) is 14.0. The van der Waals surface area contributed by atoms with E-state index in [0.717, 1.165) is 22.8 Å². The lowest BCUT2D eigenvalue weighted by molar-refractivity contribution is -0.137. The maximum absolute atomic E-state index is 12.8. The number of benzene rings is 1. The average Bonchev–Trinajstić information content (AvgIpc) is 2.82. The van der Waals surface area contributed by atoms with Crippen molar-refractivity contribution in [3.8, 4) is 0 Å². The van der Waals surface area contributed by atoms with Crippen LogP contribution in [0.25, 0.3) is 0 Å². The molecule has 0 fully saturated rings. The Kier molecular flexibility index (Phi) is 5.13. The number of nitrogens with zero attached hydrogens (tertiary/aromatic N) is 2. The molecular formula is C16H19F3N2OS. The molecule has 1 unspecified atom stereocenters. The van der Waals surface area contributed by atoms with Crippen LogP contribution in [0.1, 0.15) is 28.8 Å². The number of halogens is 3. The predicted octanol–water partition coefficient (Wildman–Crippen LogP) is 3.81. The fourth-order valence-corrected chi connectivity index (χ4v) is 3.06. The second-order valence-electron chi connectivity index (χ2n) is 5.88. The molecule has 1 heterocycles. The second kappa shape index (κ2) is 6.59. The molecule has 0 radical (unpaired) electrons. The smallest absolute Gasteiger partial charge is 0.384 e. The first-order valence-corrected chi connectivity index (χ1v) is 7.95. The van der Waals surface area contributed by atoms with Crippen molar-refractivity contribution in [2.75, 3.05) is 13.6 Å². The third-order valence-corrected chi connectivity index (χ3v) is 4.31. The molecule has 0 aliphatic carbocycles. The van der Waals surface area contributed by atoms with Gasteiger partial charge in [0.05, 0.1) is 21.9 Å². The Morgan fingerprint density at radius 1 is 1.26 bits per heavy atom. The summed E-state index contributed by atoms with van der Waals surface area (Å²) in [7, 11) is 1.80. The van der Waals surface area contributed by atoms with E-state index in [1.54, 1.807) is 18.4 Å². The molecule has 1 aromatic heterocycles. The van der Waals surface area contributed by atoms with Gasteiger partial charge in [0, 0.05) is 18.5 Å². The minimum Gasteiger partial charge on any atom is -0.384 e. The zero-order valence-electron chi connectivity index (χ0n) is 13.2. The standard InChI is InChI=1S/C16H19F3N2OS/c1-11-20-14(9-23-11)8-21(3)10-15(2,22)12-5-4-6-13(7-12)16(17,18)19/h4-7,9,22H,8,10H2,1-3H3. The number of aryl methyl sites for hydroxylation is 1. The monoisotopic (exact) mass is 344 g/mol. The van der Waals surface area contributed by atoms with Crippen LogP contribution in [0.15, 0.2) is 29.6 Å². The lowest BCUT2D eigenvalue weighted by Crippen LogP contribution is -2.36. The second-order valence-corrected chi connectivity index (χ2v) is 6.94. The van der Waals surface area contributed by atoms with E-state index in [0.29, 0.717) is 6.54 Å². The number of aromatic nitrogens is 1. The van der Waals surface area contributed by atoms with Gasteiger partial charge in [0.1, 0.15) is 0 Å². The van der Waals surface area contributed by atoms with Gasteiger partial charge in [-0.2, -0.15) is 13.2 Å². The molecular weight excluding hydrogens is 325 g/mol. The highest BCUT2D eigenvalue weighted by molar-refractivity contribution is 7.09. The number of likely N-dealkylation sites (N-methyl/N-ethyl adjacent to an activating group) is 1. The number of hydrogen-bond donors (Lipinski definition) is 1.